The van der Waals surface area contributed by atoms with Gasteiger partial charge in [-0.25, -0.2) is 4.79 Å². The number of nitro groups is 1. The molecule has 0 aliphatic rings. The molecule has 1 aromatic heterocycles. The van der Waals surface area contributed by atoms with E-state index in [2.05, 4.69) is 5.32 Å². The van der Waals surface area contributed by atoms with E-state index in [1.54, 1.807) is 17.5 Å². The van der Waals surface area contributed by atoms with Gasteiger partial charge in [0, 0.05) is 17.0 Å². The second-order valence-electron chi connectivity index (χ2n) is 3.85. The second kappa shape index (κ2) is 5.89. The van der Waals surface area contributed by atoms with Gasteiger partial charge in [0.1, 0.15) is 0 Å². The molecule has 2 rings (SSSR count). The Morgan fingerprint density at radius 1 is 1.45 bits per heavy atom. The molecular weight excluding hydrogens is 304 g/mol. The first-order chi connectivity index (χ1) is 9.49. The summed E-state index contributed by atoms with van der Waals surface area (Å²) in [5, 5.41) is 24.5. The molecule has 1 heterocycles. The fourth-order valence-electron chi connectivity index (χ4n) is 1.60. The summed E-state index contributed by atoms with van der Waals surface area (Å²) in [6, 6.07) is 6.32. The van der Waals surface area contributed by atoms with Gasteiger partial charge in [-0.1, -0.05) is 17.7 Å². The van der Waals surface area contributed by atoms with Gasteiger partial charge < -0.3 is 10.4 Å². The lowest BCUT2D eigenvalue weighted by atomic mass is 10.2. The first-order valence-electron chi connectivity index (χ1n) is 5.45. The van der Waals surface area contributed by atoms with Crippen molar-refractivity contribution in [1.82, 2.24) is 0 Å². The average molecular weight is 313 g/mol. The zero-order chi connectivity index (χ0) is 14.7. The summed E-state index contributed by atoms with van der Waals surface area (Å²) in [5.41, 5.74) is 0.182. The highest BCUT2D eigenvalue weighted by Gasteiger charge is 2.22. The van der Waals surface area contributed by atoms with Crippen LogP contribution in [-0.4, -0.2) is 16.0 Å². The number of hydrogen-bond donors (Lipinski definition) is 2. The van der Waals surface area contributed by atoms with Crippen molar-refractivity contribution in [2.24, 2.45) is 0 Å². The minimum atomic E-state index is -1.05. The van der Waals surface area contributed by atoms with Crippen LogP contribution in [0.15, 0.2) is 35.7 Å². The van der Waals surface area contributed by atoms with Crippen molar-refractivity contribution in [3.05, 3.63) is 55.7 Å². The topological polar surface area (TPSA) is 92.5 Å². The Labute approximate surface area is 122 Å². The van der Waals surface area contributed by atoms with Crippen LogP contribution in [-0.2, 0) is 4.79 Å². The SMILES string of the molecule is O=C(O)C(Nc1ccc([N+](=O)[O-])cc1Cl)c1cccs1. The number of carboxylic acid groups (broad SMARTS) is 1. The van der Waals surface area contributed by atoms with Crippen LogP contribution < -0.4 is 5.32 Å². The van der Waals surface area contributed by atoms with Crippen molar-refractivity contribution < 1.29 is 14.8 Å². The average Bonchev–Trinajstić information content (AvgIpc) is 2.90. The number of non-ortho nitro benzene ring substituents is 1. The van der Waals surface area contributed by atoms with Gasteiger partial charge in [0.2, 0.25) is 0 Å². The van der Waals surface area contributed by atoms with E-state index in [9.17, 15) is 20.0 Å². The van der Waals surface area contributed by atoms with Crippen molar-refractivity contribution >= 4 is 40.3 Å². The lowest BCUT2D eigenvalue weighted by molar-refractivity contribution is -0.384. The molecule has 6 nitrogen and oxygen atoms in total. The van der Waals surface area contributed by atoms with Crippen LogP contribution in [0.2, 0.25) is 5.02 Å². The number of carbonyl (C=O) groups is 1. The molecule has 1 unspecified atom stereocenters. The number of benzene rings is 1. The first-order valence-corrected chi connectivity index (χ1v) is 6.71. The van der Waals surface area contributed by atoms with E-state index in [4.69, 9.17) is 11.6 Å². The van der Waals surface area contributed by atoms with Crippen LogP contribution in [0.1, 0.15) is 10.9 Å². The number of rotatable bonds is 5. The molecule has 0 saturated heterocycles. The molecule has 0 radical (unpaired) electrons. The van der Waals surface area contributed by atoms with Gasteiger partial charge in [0.15, 0.2) is 6.04 Å². The molecule has 1 atom stereocenters. The molecule has 0 bridgehead atoms. The van der Waals surface area contributed by atoms with Crippen LogP contribution in [0.4, 0.5) is 11.4 Å². The van der Waals surface area contributed by atoms with Gasteiger partial charge in [-0.2, -0.15) is 0 Å². The number of thiophene rings is 1. The van der Waals surface area contributed by atoms with E-state index in [0.717, 1.165) is 0 Å². The van der Waals surface area contributed by atoms with Gasteiger partial charge in [-0.05, 0) is 17.5 Å². The first kappa shape index (κ1) is 14.3. The highest BCUT2D eigenvalue weighted by Crippen LogP contribution is 2.31. The summed E-state index contributed by atoms with van der Waals surface area (Å²) in [4.78, 5) is 21.9. The highest BCUT2D eigenvalue weighted by atomic mass is 35.5. The molecule has 20 heavy (non-hydrogen) atoms. The maximum atomic E-state index is 11.3. The molecule has 2 aromatic rings. The summed E-state index contributed by atoms with van der Waals surface area (Å²) in [5.74, 6) is -1.05. The Morgan fingerprint density at radius 2 is 2.20 bits per heavy atom. The number of aliphatic carboxylic acids is 1. The minimum absolute atomic E-state index is 0.0991. The normalized spacial score (nSPS) is 11.8. The van der Waals surface area contributed by atoms with E-state index < -0.39 is 16.9 Å². The molecule has 0 saturated carbocycles. The molecule has 0 amide bonds. The van der Waals surface area contributed by atoms with Crippen molar-refractivity contribution in [2.75, 3.05) is 5.32 Å². The molecular formula is C12H9ClN2O4S. The second-order valence-corrected chi connectivity index (χ2v) is 5.24. The van der Waals surface area contributed by atoms with Crippen molar-refractivity contribution in [3.63, 3.8) is 0 Å². The predicted octanol–water partition coefficient (Wildman–Crippen LogP) is 3.55. The molecule has 0 aliphatic heterocycles. The van der Waals surface area contributed by atoms with E-state index in [1.807, 2.05) is 0 Å². The molecule has 104 valence electrons. The molecule has 0 aliphatic carbocycles. The van der Waals surface area contributed by atoms with Crippen LogP contribution >= 0.6 is 22.9 Å². The maximum absolute atomic E-state index is 11.3. The summed E-state index contributed by atoms with van der Waals surface area (Å²) < 4.78 is 0. The fourth-order valence-corrected chi connectivity index (χ4v) is 2.60. The molecule has 8 heteroatoms. The standard InChI is InChI=1S/C12H9ClN2O4S/c13-8-6-7(15(18)19)3-4-9(8)14-11(12(16)17)10-2-1-5-20-10/h1-6,11,14H,(H,16,17). The monoisotopic (exact) mass is 312 g/mol. The number of nitro benzene ring substituents is 1. The van der Waals surface area contributed by atoms with Crippen LogP contribution in [0, 0.1) is 10.1 Å². The Kier molecular flexibility index (Phi) is 4.21. The number of carboxylic acids is 1. The van der Waals surface area contributed by atoms with E-state index in [1.165, 1.54) is 29.5 Å². The predicted molar refractivity (Wildman–Crippen MR) is 76.4 cm³/mol. The van der Waals surface area contributed by atoms with Crippen LogP contribution in [0.3, 0.4) is 0 Å². The molecule has 0 fully saturated rings. The zero-order valence-corrected chi connectivity index (χ0v) is 11.5. The third kappa shape index (κ3) is 3.06. The fraction of sp³-hybridized carbons (Fsp3) is 0.0833. The lowest BCUT2D eigenvalue weighted by Crippen LogP contribution is -2.19. The molecule has 0 spiro atoms. The number of halogens is 1. The van der Waals surface area contributed by atoms with E-state index in [0.29, 0.717) is 10.6 Å². The minimum Gasteiger partial charge on any atom is -0.479 e. The number of nitrogens with one attached hydrogen (secondary N) is 1. The Balaban J connectivity index is 2.28. The van der Waals surface area contributed by atoms with Crippen molar-refractivity contribution in [1.29, 1.82) is 0 Å². The quantitative estimate of drug-likeness (QED) is 0.650. The largest absolute Gasteiger partial charge is 0.479 e. The lowest BCUT2D eigenvalue weighted by Gasteiger charge is -2.15. The third-order valence-electron chi connectivity index (χ3n) is 2.54. The van der Waals surface area contributed by atoms with E-state index >= 15 is 0 Å². The Morgan fingerprint density at radius 3 is 2.70 bits per heavy atom. The third-order valence-corrected chi connectivity index (χ3v) is 3.79. The summed E-state index contributed by atoms with van der Waals surface area (Å²) >= 11 is 7.23. The Bertz CT molecular complexity index is 645. The number of hydrogen-bond acceptors (Lipinski definition) is 5. The Hall–Kier alpha value is -2.12. The number of nitrogens with zero attached hydrogens (tertiary/aromatic N) is 1. The van der Waals surface area contributed by atoms with Crippen molar-refractivity contribution in [2.45, 2.75) is 6.04 Å². The van der Waals surface area contributed by atoms with E-state index in [-0.39, 0.29) is 10.7 Å². The van der Waals surface area contributed by atoms with Crippen LogP contribution in [0.5, 0.6) is 0 Å². The maximum Gasteiger partial charge on any atom is 0.331 e. The highest BCUT2D eigenvalue weighted by molar-refractivity contribution is 7.10. The molecule has 1 aromatic carbocycles. The van der Waals surface area contributed by atoms with Crippen LogP contribution in [0.25, 0.3) is 0 Å². The van der Waals surface area contributed by atoms with Gasteiger partial charge in [0.25, 0.3) is 5.69 Å². The van der Waals surface area contributed by atoms with Gasteiger partial charge in [-0.15, -0.1) is 11.3 Å². The zero-order valence-electron chi connectivity index (χ0n) is 9.95. The van der Waals surface area contributed by atoms with Gasteiger partial charge >= 0.3 is 5.97 Å². The summed E-state index contributed by atoms with van der Waals surface area (Å²) in [6.45, 7) is 0. The summed E-state index contributed by atoms with van der Waals surface area (Å²) in [6.07, 6.45) is 0. The number of anilines is 1. The van der Waals surface area contributed by atoms with Crippen molar-refractivity contribution in [3.8, 4) is 0 Å². The van der Waals surface area contributed by atoms with Gasteiger partial charge in [-0.3, -0.25) is 10.1 Å². The molecule has 2 N–H and O–H groups in total. The summed E-state index contributed by atoms with van der Waals surface area (Å²) in [7, 11) is 0. The van der Waals surface area contributed by atoms with Gasteiger partial charge in [0.05, 0.1) is 15.6 Å². The smallest absolute Gasteiger partial charge is 0.331 e.